The van der Waals surface area contributed by atoms with Gasteiger partial charge in [0.25, 0.3) is 11.8 Å². The number of amides is 2. The standard InChI is InChI=1S/C22H18N2O2S3/c25-21(20-6-3-13-29-20)23-17-9-7-16(8-10-17)22(26)24(14-18-4-1-11-27-18)15-19-5-2-12-28-19/h1-13H,14-15H2,(H,23,25). The van der Waals surface area contributed by atoms with Crippen molar-refractivity contribution in [2.45, 2.75) is 13.1 Å². The van der Waals surface area contributed by atoms with Crippen LogP contribution in [0.1, 0.15) is 29.8 Å². The molecule has 146 valence electrons. The topological polar surface area (TPSA) is 49.4 Å². The second kappa shape index (κ2) is 9.17. The Bertz CT molecular complexity index is 1020. The maximum Gasteiger partial charge on any atom is 0.265 e. The molecule has 0 saturated carbocycles. The highest BCUT2D eigenvalue weighted by molar-refractivity contribution is 7.12. The zero-order valence-electron chi connectivity index (χ0n) is 15.4. The van der Waals surface area contributed by atoms with E-state index in [9.17, 15) is 9.59 Å². The first kappa shape index (κ1) is 19.6. The van der Waals surface area contributed by atoms with Crippen LogP contribution in [-0.4, -0.2) is 16.7 Å². The lowest BCUT2D eigenvalue weighted by atomic mass is 10.1. The molecule has 3 heterocycles. The molecule has 0 aliphatic rings. The predicted molar refractivity (Wildman–Crippen MR) is 121 cm³/mol. The van der Waals surface area contributed by atoms with E-state index in [2.05, 4.69) is 5.32 Å². The normalized spacial score (nSPS) is 10.6. The molecule has 29 heavy (non-hydrogen) atoms. The molecule has 0 bridgehead atoms. The van der Waals surface area contributed by atoms with Gasteiger partial charge in [-0.1, -0.05) is 18.2 Å². The fourth-order valence-electron chi connectivity index (χ4n) is 2.86. The van der Waals surface area contributed by atoms with Crippen LogP contribution in [-0.2, 0) is 13.1 Å². The number of nitrogens with zero attached hydrogens (tertiary/aromatic N) is 1. The van der Waals surface area contributed by atoms with Crippen LogP contribution in [0.2, 0.25) is 0 Å². The zero-order chi connectivity index (χ0) is 20.1. The van der Waals surface area contributed by atoms with Crippen LogP contribution >= 0.6 is 34.0 Å². The number of benzene rings is 1. The third-order valence-electron chi connectivity index (χ3n) is 4.28. The molecule has 4 aromatic rings. The fourth-order valence-corrected chi connectivity index (χ4v) is 4.92. The summed E-state index contributed by atoms with van der Waals surface area (Å²) in [5.74, 6) is -0.168. The predicted octanol–water partition coefficient (Wildman–Crippen LogP) is 5.97. The van der Waals surface area contributed by atoms with Crippen molar-refractivity contribution in [1.82, 2.24) is 4.90 Å². The summed E-state index contributed by atoms with van der Waals surface area (Å²) in [4.78, 5) is 30.2. The maximum absolute atomic E-state index is 13.2. The Labute approximate surface area is 181 Å². The van der Waals surface area contributed by atoms with Crippen LogP contribution in [0.25, 0.3) is 0 Å². The number of thiophene rings is 3. The summed E-state index contributed by atoms with van der Waals surface area (Å²) in [5.41, 5.74) is 1.27. The third kappa shape index (κ3) is 5.00. The van der Waals surface area contributed by atoms with Crippen molar-refractivity contribution >= 4 is 51.5 Å². The van der Waals surface area contributed by atoms with Crippen molar-refractivity contribution in [3.8, 4) is 0 Å². The second-order valence-electron chi connectivity index (χ2n) is 6.33. The summed E-state index contributed by atoms with van der Waals surface area (Å²) in [6.45, 7) is 1.15. The molecule has 0 radical (unpaired) electrons. The van der Waals surface area contributed by atoms with Gasteiger partial charge in [0.15, 0.2) is 0 Å². The zero-order valence-corrected chi connectivity index (χ0v) is 17.9. The van der Waals surface area contributed by atoms with E-state index in [4.69, 9.17) is 0 Å². The molecule has 0 fully saturated rings. The van der Waals surface area contributed by atoms with Crippen LogP contribution in [0.3, 0.4) is 0 Å². The van der Waals surface area contributed by atoms with Crippen LogP contribution in [0.5, 0.6) is 0 Å². The smallest absolute Gasteiger partial charge is 0.265 e. The number of anilines is 1. The van der Waals surface area contributed by atoms with Gasteiger partial charge in [-0.05, 0) is 58.6 Å². The summed E-state index contributed by atoms with van der Waals surface area (Å²) >= 11 is 4.69. The number of nitrogens with one attached hydrogen (secondary N) is 1. The van der Waals surface area contributed by atoms with Crippen molar-refractivity contribution in [1.29, 1.82) is 0 Å². The van der Waals surface area contributed by atoms with E-state index < -0.39 is 0 Å². The average molecular weight is 439 g/mol. The number of carbonyl (C=O) groups is 2. The molecule has 1 N–H and O–H groups in total. The summed E-state index contributed by atoms with van der Waals surface area (Å²) in [5, 5.41) is 8.77. The van der Waals surface area contributed by atoms with Crippen molar-refractivity contribution in [3.05, 3.63) is 97.0 Å². The molecule has 0 unspecified atom stereocenters. The van der Waals surface area contributed by atoms with Gasteiger partial charge in [-0.3, -0.25) is 9.59 Å². The van der Waals surface area contributed by atoms with E-state index in [-0.39, 0.29) is 11.8 Å². The van der Waals surface area contributed by atoms with E-state index in [0.29, 0.717) is 29.2 Å². The molecule has 3 aromatic heterocycles. The molecule has 4 nitrogen and oxygen atoms in total. The Hall–Kier alpha value is -2.74. The summed E-state index contributed by atoms with van der Waals surface area (Å²) in [6.07, 6.45) is 0. The molecule has 7 heteroatoms. The van der Waals surface area contributed by atoms with Crippen molar-refractivity contribution in [2.75, 3.05) is 5.32 Å². The van der Waals surface area contributed by atoms with Crippen LogP contribution < -0.4 is 5.32 Å². The molecule has 0 spiro atoms. The minimum Gasteiger partial charge on any atom is -0.328 e. The summed E-state index contributed by atoms with van der Waals surface area (Å²) in [7, 11) is 0. The van der Waals surface area contributed by atoms with Gasteiger partial charge >= 0.3 is 0 Å². The van der Waals surface area contributed by atoms with Gasteiger partial charge in [-0.25, -0.2) is 0 Å². The average Bonchev–Trinajstić information content (AvgIpc) is 3.50. The van der Waals surface area contributed by atoms with Gasteiger partial charge in [0, 0.05) is 21.0 Å². The lowest BCUT2D eigenvalue weighted by Gasteiger charge is -2.22. The highest BCUT2D eigenvalue weighted by atomic mass is 32.1. The monoisotopic (exact) mass is 438 g/mol. The molecular formula is C22H18N2O2S3. The highest BCUT2D eigenvalue weighted by Crippen LogP contribution is 2.21. The largest absolute Gasteiger partial charge is 0.328 e. The van der Waals surface area contributed by atoms with E-state index >= 15 is 0 Å². The van der Waals surface area contributed by atoms with Gasteiger partial charge < -0.3 is 10.2 Å². The first-order valence-electron chi connectivity index (χ1n) is 8.98. The number of hydrogen-bond donors (Lipinski definition) is 1. The molecule has 0 aliphatic carbocycles. The first-order valence-corrected chi connectivity index (χ1v) is 11.6. The molecule has 4 rings (SSSR count). The minimum atomic E-state index is -0.143. The summed E-state index contributed by atoms with van der Waals surface area (Å²) in [6, 6.07) is 18.8. The van der Waals surface area contributed by atoms with Crippen molar-refractivity contribution in [3.63, 3.8) is 0 Å². The van der Waals surface area contributed by atoms with E-state index in [1.165, 1.54) is 11.3 Å². The van der Waals surface area contributed by atoms with E-state index in [0.717, 1.165) is 9.75 Å². The van der Waals surface area contributed by atoms with Gasteiger partial charge in [-0.15, -0.1) is 34.0 Å². The van der Waals surface area contributed by atoms with Gasteiger partial charge in [-0.2, -0.15) is 0 Å². The van der Waals surface area contributed by atoms with Crippen molar-refractivity contribution < 1.29 is 9.59 Å². The Balaban J connectivity index is 1.48. The molecule has 0 saturated heterocycles. The SMILES string of the molecule is O=C(Nc1ccc(C(=O)N(Cc2cccs2)Cc2cccs2)cc1)c1cccs1. The molecule has 0 aliphatic heterocycles. The Morgan fingerprint density at radius 2 is 1.34 bits per heavy atom. The van der Waals surface area contributed by atoms with E-state index in [1.54, 1.807) is 53.0 Å². The fraction of sp³-hybridized carbons (Fsp3) is 0.0909. The minimum absolute atomic E-state index is 0.0251. The van der Waals surface area contributed by atoms with E-state index in [1.807, 2.05) is 51.4 Å². The van der Waals surface area contributed by atoms with Crippen LogP contribution in [0.15, 0.2) is 76.8 Å². The molecule has 2 amide bonds. The Kier molecular flexibility index (Phi) is 6.19. The molecule has 1 aromatic carbocycles. The van der Waals surface area contributed by atoms with Crippen LogP contribution in [0.4, 0.5) is 5.69 Å². The first-order chi connectivity index (χ1) is 14.2. The van der Waals surface area contributed by atoms with Gasteiger partial charge in [0.2, 0.25) is 0 Å². The lowest BCUT2D eigenvalue weighted by molar-refractivity contribution is 0.0733. The number of hydrogen-bond acceptors (Lipinski definition) is 5. The Morgan fingerprint density at radius 3 is 1.86 bits per heavy atom. The molecular weight excluding hydrogens is 420 g/mol. The van der Waals surface area contributed by atoms with Gasteiger partial charge in [0.1, 0.15) is 0 Å². The van der Waals surface area contributed by atoms with Gasteiger partial charge in [0.05, 0.1) is 18.0 Å². The van der Waals surface area contributed by atoms with Crippen LogP contribution in [0, 0.1) is 0 Å². The molecule has 0 atom stereocenters. The third-order valence-corrected chi connectivity index (χ3v) is 6.87. The maximum atomic E-state index is 13.2. The number of rotatable bonds is 7. The van der Waals surface area contributed by atoms with Crippen molar-refractivity contribution in [2.24, 2.45) is 0 Å². The summed E-state index contributed by atoms with van der Waals surface area (Å²) < 4.78 is 0. The number of carbonyl (C=O) groups excluding carboxylic acids is 2. The quantitative estimate of drug-likeness (QED) is 0.387. The lowest BCUT2D eigenvalue weighted by Crippen LogP contribution is -2.29. The highest BCUT2D eigenvalue weighted by Gasteiger charge is 2.18. The second-order valence-corrected chi connectivity index (χ2v) is 9.34. The Morgan fingerprint density at radius 1 is 0.759 bits per heavy atom.